The summed E-state index contributed by atoms with van der Waals surface area (Å²) in [6, 6.07) is 13.8. The Morgan fingerprint density at radius 2 is 1.55 bits per heavy atom. The van der Waals surface area contributed by atoms with E-state index < -0.39 is 23.9 Å². The number of carbonyl (C=O) groups excluding carboxylic acids is 2. The highest BCUT2D eigenvalue weighted by Gasteiger charge is 2.43. The van der Waals surface area contributed by atoms with Crippen LogP contribution in [0.2, 0.25) is 0 Å². The van der Waals surface area contributed by atoms with Crippen molar-refractivity contribution < 1.29 is 27.5 Å². The van der Waals surface area contributed by atoms with Gasteiger partial charge in [-0.15, -0.1) is 13.2 Å². The van der Waals surface area contributed by atoms with Crippen molar-refractivity contribution in [3.05, 3.63) is 65.9 Å². The molecule has 0 aromatic heterocycles. The molecule has 2 aromatic carbocycles. The SMILES string of the molecule is CN1CCC(N(C)C2=C(c3ccccc3)C(=O)N(c3ccc(OC(F)(F)F)cc3)C2=O)CC1. The molecule has 0 atom stereocenters. The van der Waals surface area contributed by atoms with Gasteiger partial charge in [0.15, 0.2) is 0 Å². The van der Waals surface area contributed by atoms with Crippen LogP contribution in [0.25, 0.3) is 5.57 Å². The lowest BCUT2D eigenvalue weighted by atomic mass is 10.0. The number of anilines is 1. The molecule has 1 saturated heterocycles. The van der Waals surface area contributed by atoms with Gasteiger partial charge >= 0.3 is 6.36 Å². The monoisotopic (exact) mass is 459 g/mol. The molecule has 9 heteroatoms. The molecule has 0 spiro atoms. The van der Waals surface area contributed by atoms with Crippen LogP contribution in [0.15, 0.2) is 60.3 Å². The molecular formula is C24H24F3N3O3. The Hall–Kier alpha value is -3.33. The number of ether oxygens (including phenoxy) is 1. The van der Waals surface area contributed by atoms with Gasteiger partial charge in [0.1, 0.15) is 11.4 Å². The van der Waals surface area contributed by atoms with E-state index in [1.54, 1.807) is 24.3 Å². The second-order valence-corrected chi connectivity index (χ2v) is 8.22. The van der Waals surface area contributed by atoms with Crippen molar-refractivity contribution in [2.24, 2.45) is 0 Å². The lowest BCUT2D eigenvalue weighted by molar-refractivity contribution is -0.274. The standard InChI is InChI=1S/C24H24F3N3O3/c1-28-14-12-17(13-15-28)29(2)21-20(16-6-4-3-5-7-16)22(31)30(23(21)32)18-8-10-19(11-9-18)33-24(25,26)27/h3-11,17H,12-15H2,1-2H3. The summed E-state index contributed by atoms with van der Waals surface area (Å²) in [6.07, 6.45) is -3.13. The molecule has 0 radical (unpaired) electrons. The van der Waals surface area contributed by atoms with Crippen molar-refractivity contribution in [3.63, 3.8) is 0 Å². The fourth-order valence-electron chi connectivity index (χ4n) is 4.31. The summed E-state index contributed by atoms with van der Waals surface area (Å²) in [5.41, 5.74) is 1.39. The molecule has 0 aliphatic carbocycles. The van der Waals surface area contributed by atoms with E-state index in [1.165, 1.54) is 12.1 Å². The number of amides is 2. The van der Waals surface area contributed by atoms with Crippen molar-refractivity contribution in [3.8, 4) is 5.75 Å². The highest BCUT2D eigenvalue weighted by molar-refractivity contribution is 6.45. The highest BCUT2D eigenvalue weighted by atomic mass is 19.4. The number of rotatable bonds is 5. The van der Waals surface area contributed by atoms with E-state index in [-0.39, 0.29) is 17.3 Å². The zero-order valence-corrected chi connectivity index (χ0v) is 18.3. The average molecular weight is 459 g/mol. The molecule has 2 aromatic rings. The molecule has 174 valence electrons. The van der Waals surface area contributed by atoms with E-state index in [0.29, 0.717) is 11.3 Å². The first kappa shape index (κ1) is 22.8. The van der Waals surface area contributed by atoms with Gasteiger partial charge in [-0.3, -0.25) is 9.59 Å². The second kappa shape index (κ2) is 8.90. The molecule has 0 saturated carbocycles. The van der Waals surface area contributed by atoms with Crippen molar-refractivity contribution in [2.75, 3.05) is 32.1 Å². The number of nitrogens with zero attached hydrogens (tertiary/aromatic N) is 3. The van der Waals surface area contributed by atoms with E-state index in [9.17, 15) is 22.8 Å². The Bertz CT molecular complexity index is 1060. The minimum Gasteiger partial charge on any atom is -0.406 e. The van der Waals surface area contributed by atoms with E-state index in [0.717, 1.165) is 43.0 Å². The van der Waals surface area contributed by atoms with Gasteiger partial charge in [-0.1, -0.05) is 30.3 Å². The summed E-state index contributed by atoms with van der Waals surface area (Å²) in [6.45, 7) is 1.77. The molecule has 2 aliphatic rings. The van der Waals surface area contributed by atoms with Crippen LogP contribution in [-0.4, -0.2) is 61.2 Å². The number of carbonyl (C=O) groups is 2. The number of piperidine rings is 1. The number of likely N-dealkylation sites (N-methyl/N-ethyl adjacent to an activating group) is 1. The Morgan fingerprint density at radius 3 is 2.12 bits per heavy atom. The Balaban J connectivity index is 1.69. The third-order valence-electron chi connectivity index (χ3n) is 6.04. The largest absolute Gasteiger partial charge is 0.573 e. The van der Waals surface area contributed by atoms with Crippen LogP contribution in [0, 0.1) is 0 Å². The van der Waals surface area contributed by atoms with Crippen LogP contribution >= 0.6 is 0 Å². The van der Waals surface area contributed by atoms with Gasteiger partial charge in [0.25, 0.3) is 11.8 Å². The lowest BCUT2D eigenvalue weighted by Crippen LogP contribution is -2.43. The van der Waals surface area contributed by atoms with Crippen molar-refractivity contribution >= 4 is 23.1 Å². The van der Waals surface area contributed by atoms with Gasteiger partial charge in [-0.25, -0.2) is 4.90 Å². The summed E-state index contributed by atoms with van der Waals surface area (Å²) >= 11 is 0. The molecule has 1 fully saturated rings. The zero-order valence-electron chi connectivity index (χ0n) is 18.3. The minimum absolute atomic E-state index is 0.0918. The molecule has 0 bridgehead atoms. The number of alkyl halides is 3. The number of hydrogen-bond acceptors (Lipinski definition) is 5. The Kier molecular flexibility index (Phi) is 6.16. The van der Waals surface area contributed by atoms with Crippen LogP contribution in [-0.2, 0) is 9.59 Å². The third kappa shape index (κ3) is 4.73. The van der Waals surface area contributed by atoms with E-state index in [1.807, 2.05) is 25.1 Å². The van der Waals surface area contributed by atoms with Crippen LogP contribution in [0.3, 0.4) is 0 Å². The predicted octanol–water partition coefficient (Wildman–Crippen LogP) is 3.90. The van der Waals surface area contributed by atoms with Crippen molar-refractivity contribution in [1.82, 2.24) is 9.80 Å². The molecule has 2 amide bonds. The second-order valence-electron chi connectivity index (χ2n) is 8.22. The fourth-order valence-corrected chi connectivity index (χ4v) is 4.31. The summed E-state index contributed by atoms with van der Waals surface area (Å²) in [5.74, 6) is -1.43. The van der Waals surface area contributed by atoms with Crippen LogP contribution < -0.4 is 9.64 Å². The maximum atomic E-state index is 13.5. The molecule has 33 heavy (non-hydrogen) atoms. The number of halogens is 3. The molecular weight excluding hydrogens is 435 g/mol. The molecule has 0 unspecified atom stereocenters. The quantitative estimate of drug-likeness (QED) is 0.635. The van der Waals surface area contributed by atoms with Gasteiger partial charge in [0, 0.05) is 13.1 Å². The lowest BCUT2D eigenvalue weighted by Gasteiger charge is -2.36. The van der Waals surface area contributed by atoms with E-state index in [4.69, 9.17) is 0 Å². The average Bonchev–Trinajstić information content (AvgIpc) is 3.04. The van der Waals surface area contributed by atoms with Gasteiger partial charge in [-0.2, -0.15) is 0 Å². The number of imide groups is 1. The molecule has 2 aliphatic heterocycles. The van der Waals surface area contributed by atoms with Crippen LogP contribution in [0.4, 0.5) is 18.9 Å². The smallest absolute Gasteiger partial charge is 0.406 e. The first-order chi connectivity index (χ1) is 15.7. The normalized spacial score (nSPS) is 18.3. The summed E-state index contributed by atoms with van der Waals surface area (Å²) in [5, 5.41) is 0. The molecule has 2 heterocycles. The maximum absolute atomic E-state index is 13.5. The van der Waals surface area contributed by atoms with Gasteiger partial charge in [0.05, 0.1) is 11.3 Å². The van der Waals surface area contributed by atoms with Crippen molar-refractivity contribution in [2.45, 2.75) is 25.2 Å². The van der Waals surface area contributed by atoms with E-state index in [2.05, 4.69) is 9.64 Å². The van der Waals surface area contributed by atoms with Gasteiger partial charge in [-0.05, 0) is 62.8 Å². The summed E-state index contributed by atoms with van der Waals surface area (Å²) < 4.78 is 41.4. The third-order valence-corrected chi connectivity index (χ3v) is 6.04. The topological polar surface area (TPSA) is 53.1 Å². The number of benzene rings is 2. The Labute approximate surface area is 189 Å². The fraction of sp³-hybridized carbons (Fsp3) is 0.333. The molecule has 4 rings (SSSR count). The number of likely N-dealkylation sites (tertiary alicyclic amines) is 1. The van der Waals surface area contributed by atoms with Crippen LogP contribution in [0.5, 0.6) is 5.75 Å². The van der Waals surface area contributed by atoms with Gasteiger partial charge in [0.2, 0.25) is 0 Å². The molecule has 0 N–H and O–H groups in total. The maximum Gasteiger partial charge on any atom is 0.573 e. The zero-order chi connectivity index (χ0) is 23.8. The first-order valence-electron chi connectivity index (χ1n) is 10.6. The number of hydrogen-bond donors (Lipinski definition) is 0. The predicted molar refractivity (Wildman–Crippen MR) is 117 cm³/mol. The highest BCUT2D eigenvalue weighted by Crippen LogP contribution is 2.37. The van der Waals surface area contributed by atoms with Crippen LogP contribution in [0.1, 0.15) is 18.4 Å². The Morgan fingerprint density at radius 1 is 0.939 bits per heavy atom. The van der Waals surface area contributed by atoms with Crippen molar-refractivity contribution in [1.29, 1.82) is 0 Å². The first-order valence-corrected chi connectivity index (χ1v) is 10.6. The summed E-state index contributed by atoms with van der Waals surface area (Å²) in [4.78, 5) is 32.1. The minimum atomic E-state index is -4.83. The van der Waals surface area contributed by atoms with Gasteiger partial charge < -0.3 is 14.5 Å². The van der Waals surface area contributed by atoms with E-state index >= 15 is 0 Å². The summed E-state index contributed by atoms with van der Waals surface area (Å²) in [7, 11) is 3.87. The molecule has 6 nitrogen and oxygen atoms in total.